The van der Waals surface area contributed by atoms with E-state index in [1.54, 1.807) is 12.1 Å². The van der Waals surface area contributed by atoms with Crippen molar-refractivity contribution in [3.8, 4) is 5.75 Å². The van der Waals surface area contributed by atoms with Crippen molar-refractivity contribution in [3.63, 3.8) is 0 Å². The predicted molar refractivity (Wildman–Crippen MR) is 76.8 cm³/mol. The van der Waals surface area contributed by atoms with Crippen molar-refractivity contribution < 1.29 is 19.4 Å². The minimum atomic E-state index is -1.57. The van der Waals surface area contributed by atoms with E-state index in [-0.39, 0.29) is 0 Å². The first-order chi connectivity index (χ1) is 9.65. The van der Waals surface area contributed by atoms with E-state index in [2.05, 4.69) is 6.92 Å². The molecule has 4 heteroatoms. The van der Waals surface area contributed by atoms with Crippen molar-refractivity contribution in [2.75, 3.05) is 0 Å². The van der Waals surface area contributed by atoms with Crippen LogP contribution in [0.5, 0.6) is 5.75 Å². The zero-order valence-corrected chi connectivity index (χ0v) is 11.9. The van der Waals surface area contributed by atoms with Crippen LogP contribution in [0.2, 0.25) is 0 Å². The standard InChI is InChI=1S/C16H22O4/c1-2-3-4-5-6-7-10-13-11-8-9-12-14(13)20-16(19)15(17)18/h8-9,11-12H,2-7,10H2,1H3,(H,17,18). The second-order valence-corrected chi connectivity index (χ2v) is 4.82. The molecule has 1 aromatic carbocycles. The van der Waals surface area contributed by atoms with Crippen molar-refractivity contribution >= 4 is 11.9 Å². The molecule has 0 heterocycles. The second kappa shape index (κ2) is 9.13. The number of carboxylic acids is 1. The molecule has 4 nitrogen and oxygen atoms in total. The quantitative estimate of drug-likeness (QED) is 0.342. The van der Waals surface area contributed by atoms with Crippen LogP contribution in [0, 0.1) is 0 Å². The zero-order chi connectivity index (χ0) is 14.8. The van der Waals surface area contributed by atoms with E-state index in [0.717, 1.165) is 24.8 Å². The van der Waals surface area contributed by atoms with Gasteiger partial charge in [-0.25, -0.2) is 9.59 Å². The number of rotatable bonds is 8. The van der Waals surface area contributed by atoms with E-state index < -0.39 is 11.9 Å². The molecule has 0 fully saturated rings. The van der Waals surface area contributed by atoms with Crippen LogP contribution in [0.4, 0.5) is 0 Å². The molecule has 0 bridgehead atoms. The van der Waals surface area contributed by atoms with Gasteiger partial charge in [-0.3, -0.25) is 0 Å². The maximum Gasteiger partial charge on any atom is 0.422 e. The predicted octanol–water partition coefficient (Wildman–Crippen LogP) is 3.58. The Morgan fingerprint density at radius 1 is 1.05 bits per heavy atom. The van der Waals surface area contributed by atoms with Crippen molar-refractivity contribution in [2.24, 2.45) is 0 Å². The number of hydrogen-bond acceptors (Lipinski definition) is 3. The molecule has 0 atom stereocenters. The molecule has 0 saturated carbocycles. The van der Waals surface area contributed by atoms with E-state index in [1.165, 1.54) is 25.7 Å². The number of hydrogen-bond donors (Lipinski definition) is 1. The summed E-state index contributed by atoms with van der Waals surface area (Å²) in [6.45, 7) is 2.19. The molecule has 1 aromatic rings. The van der Waals surface area contributed by atoms with Crippen LogP contribution >= 0.6 is 0 Å². The van der Waals surface area contributed by atoms with Crippen molar-refractivity contribution in [1.82, 2.24) is 0 Å². The highest BCUT2D eigenvalue weighted by molar-refractivity contribution is 6.29. The molecule has 110 valence electrons. The maximum atomic E-state index is 11.1. The van der Waals surface area contributed by atoms with Crippen LogP contribution in [-0.2, 0) is 16.0 Å². The van der Waals surface area contributed by atoms with Crippen molar-refractivity contribution in [3.05, 3.63) is 29.8 Å². The van der Waals surface area contributed by atoms with Gasteiger partial charge in [0, 0.05) is 0 Å². The lowest BCUT2D eigenvalue weighted by atomic mass is 10.0. The van der Waals surface area contributed by atoms with Crippen LogP contribution in [0.3, 0.4) is 0 Å². The third-order valence-electron chi connectivity index (χ3n) is 3.15. The Hall–Kier alpha value is -1.84. The Morgan fingerprint density at radius 2 is 1.70 bits per heavy atom. The number of para-hydroxylation sites is 1. The molecule has 0 radical (unpaired) electrons. The van der Waals surface area contributed by atoms with Crippen molar-refractivity contribution in [1.29, 1.82) is 0 Å². The number of aryl methyl sites for hydroxylation is 1. The smallest absolute Gasteiger partial charge is 0.422 e. The van der Waals surface area contributed by atoms with Crippen LogP contribution in [0.25, 0.3) is 0 Å². The molecule has 0 spiro atoms. The molecule has 1 N–H and O–H groups in total. The number of carbonyl (C=O) groups is 2. The first-order valence-electron chi connectivity index (χ1n) is 7.18. The SMILES string of the molecule is CCCCCCCCc1ccccc1OC(=O)C(=O)O. The molecule has 0 aliphatic rings. The van der Waals surface area contributed by atoms with Gasteiger partial charge in [-0.15, -0.1) is 0 Å². The third-order valence-corrected chi connectivity index (χ3v) is 3.15. The summed E-state index contributed by atoms with van der Waals surface area (Å²) in [4.78, 5) is 21.6. The van der Waals surface area contributed by atoms with Gasteiger partial charge in [-0.1, -0.05) is 57.2 Å². The number of unbranched alkanes of at least 4 members (excludes halogenated alkanes) is 5. The average Bonchev–Trinajstić information content (AvgIpc) is 2.44. The first kappa shape index (κ1) is 16.2. The lowest BCUT2D eigenvalue weighted by Crippen LogP contribution is -2.19. The summed E-state index contributed by atoms with van der Waals surface area (Å²) in [6.07, 6.45) is 7.93. The van der Waals surface area contributed by atoms with Gasteiger partial charge in [0.15, 0.2) is 0 Å². The minimum Gasteiger partial charge on any atom is -0.473 e. The fourth-order valence-electron chi connectivity index (χ4n) is 2.05. The van der Waals surface area contributed by atoms with E-state index in [1.807, 2.05) is 12.1 Å². The Bertz CT molecular complexity index is 440. The highest BCUT2D eigenvalue weighted by atomic mass is 16.6. The molecular formula is C16H22O4. The summed E-state index contributed by atoms with van der Waals surface area (Å²) in [5.41, 5.74) is 0.887. The number of benzene rings is 1. The number of esters is 1. The Kier molecular flexibility index (Phi) is 7.40. The molecule has 20 heavy (non-hydrogen) atoms. The summed E-state index contributed by atoms with van der Waals surface area (Å²) in [5, 5.41) is 8.56. The van der Waals surface area contributed by atoms with Gasteiger partial charge in [0.25, 0.3) is 0 Å². The van der Waals surface area contributed by atoms with Gasteiger partial charge >= 0.3 is 11.9 Å². The van der Waals surface area contributed by atoms with E-state index in [4.69, 9.17) is 9.84 Å². The lowest BCUT2D eigenvalue weighted by molar-refractivity contribution is -0.158. The fraction of sp³-hybridized carbons (Fsp3) is 0.500. The van der Waals surface area contributed by atoms with Gasteiger partial charge in [0.2, 0.25) is 0 Å². The monoisotopic (exact) mass is 278 g/mol. The summed E-state index contributed by atoms with van der Waals surface area (Å²) in [5.74, 6) is -2.45. The second-order valence-electron chi connectivity index (χ2n) is 4.82. The van der Waals surface area contributed by atoms with Gasteiger partial charge < -0.3 is 9.84 Å². The van der Waals surface area contributed by atoms with Crippen LogP contribution < -0.4 is 4.74 Å². The number of aliphatic carboxylic acids is 1. The molecule has 1 rings (SSSR count). The number of carboxylic acid groups (broad SMARTS) is 1. The molecule has 0 aliphatic heterocycles. The first-order valence-corrected chi connectivity index (χ1v) is 7.18. The lowest BCUT2D eigenvalue weighted by Gasteiger charge is -2.08. The fourth-order valence-corrected chi connectivity index (χ4v) is 2.05. The van der Waals surface area contributed by atoms with Gasteiger partial charge in [-0.05, 0) is 24.5 Å². The summed E-state index contributed by atoms with van der Waals surface area (Å²) < 4.78 is 4.86. The van der Waals surface area contributed by atoms with Crippen LogP contribution in [0.1, 0.15) is 51.0 Å². The van der Waals surface area contributed by atoms with Gasteiger partial charge in [0.1, 0.15) is 5.75 Å². The Balaban J connectivity index is 2.45. The maximum absolute atomic E-state index is 11.1. The molecular weight excluding hydrogens is 256 g/mol. The number of ether oxygens (including phenoxy) is 1. The van der Waals surface area contributed by atoms with E-state index in [0.29, 0.717) is 5.75 Å². The van der Waals surface area contributed by atoms with E-state index >= 15 is 0 Å². The molecule has 0 amide bonds. The van der Waals surface area contributed by atoms with Gasteiger partial charge in [0.05, 0.1) is 0 Å². The summed E-state index contributed by atoms with van der Waals surface area (Å²) in [7, 11) is 0. The Labute approximate surface area is 119 Å². The Morgan fingerprint density at radius 3 is 2.40 bits per heavy atom. The summed E-state index contributed by atoms with van der Waals surface area (Å²) in [6, 6.07) is 7.10. The largest absolute Gasteiger partial charge is 0.473 e. The van der Waals surface area contributed by atoms with E-state index in [9.17, 15) is 9.59 Å². The number of carbonyl (C=O) groups excluding carboxylic acids is 1. The average molecular weight is 278 g/mol. The highest BCUT2D eigenvalue weighted by Gasteiger charge is 2.15. The normalized spacial score (nSPS) is 10.2. The minimum absolute atomic E-state index is 0.355. The van der Waals surface area contributed by atoms with Crippen LogP contribution in [0.15, 0.2) is 24.3 Å². The summed E-state index contributed by atoms with van der Waals surface area (Å²) >= 11 is 0. The highest BCUT2D eigenvalue weighted by Crippen LogP contribution is 2.21. The molecule has 0 aliphatic carbocycles. The molecule has 0 unspecified atom stereocenters. The molecule has 0 aromatic heterocycles. The van der Waals surface area contributed by atoms with Gasteiger partial charge in [-0.2, -0.15) is 0 Å². The molecule has 0 saturated heterocycles. The third kappa shape index (κ3) is 5.87. The van der Waals surface area contributed by atoms with Crippen LogP contribution in [-0.4, -0.2) is 17.0 Å². The topological polar surface area (TPSA) is 63.6 Å². The van der Waals surface area contributed by atoms with Crippen molar-refractivity contribution in [2.45, 2.75) is 51.9 Å². The zero-order valence-electron chi connectivity index (χ0n) is 11.9.